The number of nitrogens with two attached hydrogens (primary N) is 1. The number of hydrogen-bond donors (Lipinski definition) is 3. The van der Waals surface area contributed by atoms with Gasteiger partial charge in [-0.25, -0.2) is 4.79 Å². The largest absolute Gasteiger partial charge is 0.388 e. The molecule has 0 bridgehead atoms. The molecule has 1 fully saturated rings. The third-order valence-corrected chi connectivity index (χ3v) is 3.33. The van der Waals surface area contributed by atoms with E-state index in [-0.39, 0.29) is 0 Å². The van der Waals surface area contributed by atoms with Crippen LogP contribution in [-0.4, -0.2) is 32.4 Å². The minimum Gasteiger partial charge on any atom is -0.388 e. The Morgan fingerprint density at radius 2 is 2.28 bits per heavy atom. The Morgan fingerprint density at radius 3 is 2.78 bits per heavy atom. The van der Waals surface area contributed by atoms with Gasteiger partial charge in [-0.1, -0.05) is 6.92 Å². The summed E-state index contributed by atoms with van der Waals surface area (Å²) in [5.74, 6) is 0. The van der Waals surface area contributed by atoms with Gasteiger partial charge in [0.2, 0.25) is 0 Å². The number of aromatic amines is 1. The van der Waals surface area contributed by atoms with E-state index in [0.29, 0.717) is 6.42 Å². The highest BCUT2D eigenvalue weighted by molar-refractivity contribution is 5.03. The van der Waals surface area contributed by atoms with Crippen LogP contribution in [0.5, 0.6) is 0 Å². The Bertz CT molecular complexity index is 548. The molecule has 1 aromatic rings. The molecule has 0 saturated carbocycles. The van der Waals surface area contributed by atoms with E-state index in [1.807, 2.05) is 6.92 Å². The minimum atomic E-state index is -1.09. The van der Waals surface area contributed by atoms with E-state index >= 15 is 0 Å². The first kappa shape index (κ1) is 13.0. The summed E-state index contributed by atoms with van der Waals surface area (Å²) in [5.41, 5.74) is 3.86. The molecule has 1 aromatic heterocycles. The first-order valence-electron chi connectivity index (χ1n) is 5.81. The Kier molecular flexibility index (Phi) is 3.14. The zero-order valence-electron chi connectivity index (χ0n) is 10.3. The van der Waals surface area contributed by atoms with Crippen molar-refractivity contribution in [3.8, 4) is 0 Å². The summed E-state index contributed by atoms with van der Waals surface area (Å²) in [6, 6.07) is 1.21. The lowest BCUT2D eigenvalue weighted by molar-refractivity contribution is -0.0270. The summed E-state index contributed by atoms with van der Waals surface area (Å²) in [6.45, 7) is 3.48. The molecule has 1 aliphatic heterocycles. The third kappa shape index (κ3) is 1.90. The molecular formula is C11H17N3O4. The zero-order chi connectivity index (χ0) is 13.5. The van der Waals surface area contributed by atoms with Crippen LogP contribution >= 0.6 is 0 Å². The molecule has 4 atom stereocenters. The molecule has 1 saturated heterocycles. The summed E-state index contributed by atoms with van der Waals surface area (Å²) in [7, 11) is 0. The Balaban J connectivity index is 2.45. The standard InChI is InChI=1S/C11H17N3O4/c1-3-6-8(16)11(2,12)9(18-6)14-5-4-7(15)13-10(14)17/h4-6,8-9,16H,3,12H2,1-2H3,(H,13,15,17). The first-order chi connectivity index (χ1) is 8.37. The Labute approximate surface area is 103 Å². The number of ether oxygens (including phenoxy) is 1. The number of aliphatic hydroxyl groups is 1. The molecule has 7 heteroatoms. The highest BCUT2D eigenvalue weighted by atomic mass is 16.5. The maximum atomic E-state index is 11.7. The number of nitrogens with zero attached hydrogens (tertiary/aromatic N) is 1. The molecule has 0 amide bonds. The number of H-pyrrole nitrogens is 1. The number of aliphatic hydroxyl groups excluding tert-OH is 1. The van der Waals surface area contributed by atoms with Crippen molar-refractivity contribution in [3.63, 3.8) is 0 Å². The lowest BCUT2D eigenvalue weighted by Gasteiger charge is -2.28. The van der Waals surface area contributed by atoms with E-state index in [1.54, 1.807) is 6.92 Å². The quantitative estimate of drug-likeness (QED) is 0.622. The van der Waals surface area contributed by atoms with Gasteiger partial charge >= 0.3 is 5.69 Å². The lowest BCUT2D eigenvalue weighted by Crippen LogP contribution is -2.53. The van der Waals surface area contributed by atoms with Gasteiger partial charge in [-0.3, -0.25) is 14.3 Å². The van der Waals surface area contributed by atoms with Crippen LogP contribution in [-0.2, 0) is 4.74 Å². The SMILES string of the molecule is CCC1OC(n2ccc(=O)[nH]c2=O)C(C)(N)C1O. The second-order valence-electron chi connectivity index (χ2n) is 4.76. The molecule has 2 rings (SSSR count). The van der Waals surface area contributed by atoms with Crippen LogP contribution in [0.15, 0.2) is 21.9 Å². The molecule has 18 heavy (non-hydrogen) atoms. The molecule has 7 nitrogen and oxygen atoms in total. The highest BCUT2D eigenvalue weighted by Crippen LogP contribution is 2.36. The lowest BCUT2D eigenvalue weighted by atomic mass is 9.92. The smallest absolute Gasteiger partial charge is 0.330 e. The first-order valence-corrected chi connectivity index (χ1v) is 5.81. The fraction of sp³-hybridized carbons (Fsp3) is 0.636. The normalized spacial score (nSPS) is 35.9. The summed E-state index contributed by atoms with van der Waals surface area (Å²) < 4.78 is 6.81. The van der Waals surface area contributed by atoms with E-state index in [2.05, 4.69) is 4.98 Å². The van der Waals surface area contributed by atoms with Crippen LogP contribution in [0.25, 0.3) is 0 Å². The van der Waals surface area contributed by atoms with E-state index in [0.717, 1.165) is 0 Å². The number of aromatic nitrogens is 2. The van der Waals surface area contributed by atoms with Gasteiger partial charge in [-0.2, -0.15) is 0 Å². The van der Waals surface area contributed by atoms with E-state index in [9.17, 15) is 14.7 Å². The molecule has 0 aromatic carbocycles. The van der Waals surface area contributed by atoms with Crippen molar-refractivity contribution in [1.29, 1.82) is 0 Å². The maximum absolute atomic E-state index is 11.7. The van der Waals surface area contributed by atoms with Gasteiger partial charge in [0.25, 0.3) is 5.56 Å². The summed E-state index contributed by atoms with van der Waals surface area (Å²) in [5, 5.41) is 10.1. The van der Waals surface area contributed by atoms with Crippen LogP contribution in [0.4, 0.5) is 0 Å². The topological polar surface area (TPSA) is 110 Å². The molecule has 100 valence electrons. The molecule has 1 aliphatic rings. The molecule has 0 spiro atoms. The van der Waals surface area contributed by atoms with Gasteiger partial charge in [0.1, 0.15) is 6.10 Å². The highest BCUT2D eigenvalue weighted by Gasteiger charge is 2.51. The van der Waals surface area contributed by atoms with Crippen LogP contribution in [0.1, 0.15) is 26.5 Å². The molecule has 4 unspecified atom stereocenters. The molecule has 2 heterocycles. The molecule has 0 aliphatic carbocycles. The van der Waals surface area contributed by atoms with Crippen molar-refractivity contribution in [3.05, 3.63) is 33.1 Å². The van der Waals surface area contributed by atoms with Gasteiger partial charge in [-0.15, -0.1) is 0 Å². The summed E-state index contributed by atoms with van der Waals surface area (Å²) in [6.07, 6.45) is -0.193. The average molecular weight is 255 g/mol. The second-order valence-corrected chi connectivity index (χ2v) is 4.76. The van der Waals surface area contributed by atoms with Crippen LogP contribution in [0, 0.1) is 0 Å². The van der Waals surface area contributed by atoms with Crippen molar-refractivity contribution in [2.75, 3.05) is 0 Å². The van der Waals surface area contributed by atoms with Gasteiger partial charge in [0, 0.05) is 12.3 Å². The third-order valence-electron chi connectivity index (χ3n) is 3.33. The number of hydrogen-bond acceptors (Lipinski definition) is 5. The minimum absolute atomic E-state index is 0.427. The zero-order valence-corrected chi connectivity index (χ0v) is 10.3. The Morgan fingerprint density at radius 1 is 1.61 bits per heavy atom. The second kappa shape index (κ2) is 4.34. The van der Waals surface area contributed by atoms with Crippen LogP contribution < -0.4 is 17.0 Å². The predicted octanol–water partition coefficient (Wildman–Crippen LogP) is -1.08. The van der Waals surface area contributed by atoms with Gasteiger partial charge in [-0.05, 0) is 13.3 Å². The number of rotatable bonds is 2. The molecule has 0 radical (unpaired) electrons. The fourth-order valence-electron chi connectivity index (χ4n) is 2.23. The van der Waals surface area contributed by atoms with Crippen LogP contribution in [0.3, 0.4) is 0 Å². The predicted molar refractivity (Wildman–Crippen MR) is 64.1 cm³/mol. The van der Waals surface area contributed by atoms with E-state index in [1.165, 1.54) is 16.8 Å². The summed E-state index contributed by atoms with van der Waals surface area (Å²) >= 11 is 0. The van der Waals surface area contributed by atoms with Crippen molar-refractivity contribution in [1.82, 2.24) is 9.55 Å². The van der Waals surface area contributed by atoms with Crippen molar-refractivity contribution in [2.45, 2.75) is 44.2 Å². The number of nitrogens with one attached hydrogen (secondary N) is 1. The van der Waals surface area contributed by atoms with E-state index in [4.69, 9.17) is 10.5 Å². The summed E-state index contributed by atoms with van der Waals surface area (Å²) in [4.78, 5) is 24.9. The van der Waals surface area contributed by atoms with Crippen molar-refractivity contribution >= 4 is 0 Å². The molecular weight excluding hydrogens is 238 g/mol. The average Bonchev–Trinajstić information content (AvgIpc) is 2.52. The van der Waals surface area contributed by atoms with Gasteiger partial charge < -0.3 is 15.6 Å². The van der Waals surface area contributed by atoms with Gasteiger partial charge in [0.15, 0.2) is 6.23 Å². The van der Waals surface area contributed by atoms with E-state index < -0.39 is 35.2 Å². The van der Waals surface area contributed by atoms with Crippen molar-refractivity contribution < 1.29 is 9.84 Å². The van der Waals surface area contributed by atoms with Crippen LogP contribution in [0.2, 0.25) is 0 Å². The van der Waals surface area contributed by atoms with Gasteiger partial charge in [0.05, 0.1) is 11.6 Å². The fourth-order valence-corrected chi connectivity index (χ4v) is 2.23. The Hall–Kier alpha value is -1.44. The monoisotopic (exact) mass is 255 g/mol. The van der Waals surface area contributed by atoms with Crippen molar-refractivity contribution in [2.24, 2.45) is 5.73 Å². The molecule has 4 N–H and O–H groups in total. The maximum Gasteiger partial charge on any atom is 0.330 e.